The number of rotatable bonds is 7. The average Bonchev–Trinajstić information content (AvgIpc) is 3.10. The highest BCUT2D eigenvalue weighted by atomic mass is 19.1. The van der Waals surface area contributed by atoms with Crippen molar-refractivity contribution in [1.82, 2.24) is 25.1 Å². The monoisotopic (exact) mass is 367 g/mol. The SMILES string of the molecule is Cc1cc(C(=O)NC(Cc2ccccc2)C(=O)CF)n(-c2cnccn2)n1. The number of carbonyl (C=O) groups is 2. The van der Waals surface area contributed by atoms with Crippen molar-refractivity contribution in [2.45, 2.75) is 19.4 Å². The summed E-state index contributed by atoms with van der Waals surface area (Å²) in [5, 5.41) is 6.87. The van der Waals surface area contributed by atoms with Crippen molar-refractivity contribution in [3.05, 3.63) is 71.9 Å². The van der Waals surface area contributed by atoms with Gasteiger partial charge in [0.2, 0.25) is 0 Å². The third-order valence-corrected chi connectivity index (χ3v) is 3.94. The van der Waals surface area contributed by atoms with E-state index in [9.17, 15) is 14.0 Å². The molecule has 138 valence electrons. The van der Waals surface area contributed by atoms with Crippen LogP contribution in [0.15, 0.2) is 55.0 Å². The maximum absolute atomic E-state index is 13.0. The molecule has 0 saturated carbocycles. The molecule has 2 heterocycles. The molecule has 2 aromatic heterocycles. The summed E-state index contributed by atoms with van der Waals surface area (Å²) in [6.45, 7) is 0.581. The Morgan fingerprint density at radius 1 is 1.22 bits per heavy atom. The van der Waals surface area contributed by atoms with Gasteiger partial charge < -0.3 is 5.32 Å². The number of nitrogens with zero attached hydrogens (tertiary/aromatic N) is 4. The number of Topliss-reactive ketones (excluding diaryl/α,β-unsaturated/α-hetero) is 1. The van der Waals surface area contributed by atoms with Gasteiger partial charge >= 0.3 is 0 Å². The Morgan fingerprint density at radius 2 is 2.00 bits per heavy atom. The second-order valence-corrected chi connectivity index (χ2v) is 5.96. The first-order chi connectivity index (χ1) is 13.1. The summed E-state index contributed by atoms with van der Waals surface area (Å²) in [5.41, 5.74) is 1.61. The molecular weight excluding hydrogens is 349 g/mol. The molecule has 0 spiro atoms. The first kappa shape index (κ1) is 18.4. The van der Waals surface area contributed by atoms with Gasteiger partial charge in [-0.05, 0) is 25.0 Å². The van der Waals surface area contributed by atoms with Crippen molar-refractivity contribution in [2.75, 3.05) is 6.67 Å². The topological polar surface area (TPSA) is 89.8 Å². The molecule has 8 heteroatoms. The predicted molar refractivity (Wildman–Crippen MR) is 96.3 cm³/mol. The van der Waals surface area contributed by atoms with Crippen LogP contribution < -0.4 is 5.32 Å². The second kappa shape index (κ2) is 8.31. The fourth-order valence-corrected chi connectivity index (χ4v) is 2.66. The number of hydrogen-bond donors (Lipinski definition) is 1. The van der Waals surface area contributed by atoms with Crippen LogP contribution in [0.3, 0.4) is 0 Å². The number of hydrogen-bond acceptors (Lipinski definition) is 5. The normalized spacial score (nSPS) is 11.8. The first-order valence-corrected chi connectivity index (χ1v) is 8.35. The van der Waals surface area contributed by atoms with Crippen LogP contribution in [0.4, 0.5) is 4.39 Å². The number of nitrogens with one attached hydrogen (secondary N) is 1. The standard InChI is InChI=1S/C19H18FN5O2/c1-13-9-16(25(24-13)18-12-21-7-8-22-18)19(27)23-15(17(26)11-20)10-14-5-3-2-4-6-14/h2-9,12,15H,10-11H2,1H3,(H,23,27). The number of halogens is 1. The van der Waals surface area contributed by atoms with Gasteiger partial charge in [-0.2, -0.15) is 5.10 Å². The molecule has 0 radical (unpaired) electrons. The Bertz CT molecular complexity index is 928. The van der Waals surface area contributed by atoms with E-state index in [0.29, 0.717) is 11.5 Å². The van der Waals surface area contributed by atoms with Crippen molar-refractivity contribution in [3.63, 3.8) is 0 Å². The lowest BCUT2D eigenvalue weighted by molar-refractivity contribution is -0.121. The van der Waals surface area contributed by atoms with Gasteiger partial charge in [-0.25, -0.2) is 14.1 Å². The molecule has 0 saturated heterocycles. The van der Waals surface area contributed by atoms with Gasteiger partial charge in [0.05, 0.1) is 17.9 Å². The molecule has 7 nitrogen and oxygen atoms in total. The summed E-state index contributed by atoms with van der Waals surface area (Å²) in [7, 11) is 0. The van der Waals surface area contributed by atoms with Gasteiger partial charge in [0.15, 0.2) is 11.6 Å². The second-order valence-electron chi connectivity index (χ2n) is 5.96. The smallest absolute Gasteiger partial charge is 0.270 e. The molecule has 0 aliphatic heterocycles. The van der Waals surface area contributed by atoms with Crippen LogP contribution in [0, 0.1) is 6.92 Å². The minimum atomic E-state index is -1.15. The van der Waals surface area contributed by atoms with Crippen LogP contribution in [-0.4, -0.2) is 44.2 Å². The number of aryl methyl sites for hydroxylation is 1. The quantitative estimate of drug-likeness (QED) is 0.688. The van der Waals surface area contributed by atoms with Crippen molar-refractivity contribution < 1.29 is 14.0 Å². The summed E-state index contributed by atoms with van der Waals surface area (Å²) in [6, 6.07) is 9.72. The molecule has 1 aromatic carbocycles. The van der Waals surface area contributed by atoms with Gasteiger partial charge in [0.25, 0.3) is 5.91 Å². The van der Waals surface area contributed by atoms with Crippen LogP contribution in [0.25, 0.3) is 5.82 Å². The molecule has 1 unspecified atom stereocenters. The Morgan fingerprint density at radius 3 is 2.67 bits per heavy atom. The lowest BCUT2D eigenvalue weighted by Crippen LogP contribution is -2.43. The number of amides is 1. The summed E-state index contributed by atoms with van der Waals surface area (Å²) in [5.74, 6) is -0.856. The molecule has 1 amide bonds. The maximum Gasteiger partial charge on any atom is 0.270 e. The van der Waals surface area contributed by atoms with Crippen LogP contribution >= 0.6 is 0 Å². The summed E-state index contributed by atoms with van der Waals surface area (Å²) >= 11 is 0. The van der Waals surface area contributed by atoms with E-state index < -0.39 is 24.4 Å². The zero-order valence-electron chi connectivity index (χ0n) is 14.7. The highest BCUT2D eigenvalue weighted by Crippen LogP contribution is 2.11. The molecule has 0 aliphatic carbocycles. The zero-order chi connectivity index (χ0) is 19.2. The van der Waals surface area contributed by atoms with Crippen molar-refractivity contribution in [1.29, 1.82) is 0 Å². The fourth-order valence-electron chi connectivity index (χ4n) is 2.66. The Hall–Kier alpha value is -3.42. The number of ketones is 1. The molecule has 3 aromatic rings. The predicted octanol–water partition coefficient (Wildman–Crippen LogP) is 1.85. The molecule has 1 atom stereocenters. The van der Waals surface area contributed by atoms with Gasteiger partial charge in [0.1, 0.15) is 12.4 Å². The highest BCUT2D eigenvalue weighted by molar-refractivity contribution is 5.97. The number of benzene rings is 1. The van der Waals surface area contributed by atoms with Gasteiger partial charge in [0, 0.05) is 12.4 Å². The van der Waals surface area contributed by atoms with Crippen molar-refractivity contribution >= 4 is 11.7 Å². The average molecular weight is 367 g/mol. The van der Waals surface area contributed by atoms with E-state index in [1.165, 1.54) is 23.3 Å². The highest BCUT2D eigenvalue weighted by Gasteiger charge is 2.24. The molecule has 0 aliphatic rings. The molecule has 0 fully saturated rings. The first-order valence-electron chi connectivity index (χ1n) is 8.35. The summed E-state index contributed by atoms with van der Waals surface area (Å²) in [6.07, 6.45) is 4.67. The van der Waals surface area contributed by atoms with E-state index >= 15 is 0 Å². The Balaban J connectivity index is 1.85. The van der Waals surface area contributed by atoms with Crippen molar-refractivity contribution in [2.24, 2.45) is 0 Å². The lowest BCUT2D eigenvalue weighted by atomic mass is 10.0. The minimum absolute atomic E-state index is 0.192. The molecule has 3 rings (SSSR count). The van der Waals surface area contributed by atoms with Crippen LogP contribution in [0.2, 0.25) is 0 Å². The van der Waals surface area contributed by atoms with Gasteiger partial charge in [-0.1, -0.05) is 30.3 Å². The van der Waals surface area contributed by atoms with Crippen molar-refractivity contribution in [3.8, 4) is 5.82 Å². The summed E-state index contributed by atoms with van der Waals surface area (Å²) < 4.78 is 14.3. The van der Waals surface area contributed by atoms with E-state index in [4.69, 9.17) is 0 Å². The largest absolute Gasteiger partial charge is 0.340 e. The molecule has 27 heavy (non-hydrogen) atoms. The van der Waals surface area contributed by atoms with E-state index in [1.54, 1.807) is 13.0 Å². The Kier molecular flexibility index (Phi) is 5.65. The van der Waals surface area contributed by atoms with Gasteiger partial charge in [-0.15, -0.1) is 0 Å². The molecule has 1 N–H and O–H groups in total. The van der Waals surface area contributed by atoms with Gasteiger partial charge in [-0.3, -0.25) is 14.6 Å². The summed E-state index contributed by atoms with van der Waals surface area (Å²) in [4.78, 5) is 32.9. The van der Waals surface area contributed by atoms with Crippen LogP contribution in [-0.2, 0) is 11.2 Å². The van der Waals surface area contributed by atoms with Crippen LogP contribution in [0.1, 0.15) is 21.7 Å². The van der Waals surface area contributed by atoms with E-state index in [1.807, 2.05) is 30.3 Å². The number of aromatic nitrogens is 4. The van der Waals surface area contributed by atoms with E-state index in [-0.39, 0.29) is 12.1 Å². The molecule has 0 bridgehead atoms. The number of carbonyl (C=O) groups excluding carboxylic acids is 2. The van der Waals surface area contributed by atoms with E-state index in [0.717, 1.165) is 5.56 Å². The zero-order valence-corrected chi connectivity index (χ0v) is 14.7. The van der Waals surface area contributed by atoms with Crippen LogP contribution in [0.5, 0.6) is 0 Å². The fraction of sp³-hybridized carbons (Fsp3) is 0.211. The maximum atomic E-state index is 13.0. The third kappa shape index (κ3) is 4.41. The number of alkyl halides is 1. The van der Waals surface area contributed by atoms with E-state index in [2.05, 4.69) is 20.4 Å². The third-order valence-electron chi connectivity index (χ3n) is 3.94. The lowest BCUT2D eigenvalue weighted by Gasteiger charge is -2.17. The molecular formula is C19H18FN5O2. The minimum Gasteiger partial charge on any atom is -0.340 e. The Labute approximate surface area is 155 Å².